The monoisotopic (exact) mass is 361 g/mol. The number of aryl methyl sites for hydroxylation is 1. The zero-order valence-electron chi connectivity index (χ0n) is 13.3. The molecule has 0 amide bonds. The maximum atomic E-state index is 12.7. The summed E-state index contributed by atoms with van der Waals surface area (Å²) in [7, 11) is -2.46. The van der Waals surface area contributed by atoms with Crippen molar-refractivity contribution in [3.8, 4) is 11.4 Å². The lowest BCUT2D eigenvalue weighted by atomic mass is 10.1. The number of hydrogen-bond donors (Lipinski definition) is 0. The minimum absolute atomic E-state index is 0.365. The normalized spacial score (nSPS) is 13.5. The topological polar surface area (TPSA) is 68.3 Å². The molecule has 1 aromatic heterocycles. The largest absolute Gasteiger partial charge is 0.339 e. The molecule has 0 spiro atoms. The van der Waals surface area contributed by atoms with Crippen LogP contribution in [0.3, 0.4) is 0 Å². The van der Waals surface area contributed by atoms with E-state index >= 15 is 0 Å². The fraction of sp³-hybridized carbons (Fsp3) is 0.176. The van der Waals surface area contributed by atoms with Crippen molar-refractivity contribution in [2.24, 2.45) is 4.36 Å². The van der Waals surface area contributed by atoms with E-state index in [1.165, 1.54) is 0 Å². The van der Waals surface area contributed by atoms with Crippen LogP contribution in [0, 0.1) is 6.92 Å². The predicted molar refractivity (Wildman–Crippen MR) is 94.4 cm³/mol. The van der Waals surface area contributed by atoms with E-state index in [9.17, 15) is 4.21 Å². The molecule has 0 N–H and O–H groups in total. The highest BCUT2D eigenvalue weighted by molar-refractivity contribution is 7.93. The fourth-order valence-electron chi connectivity index (χ4n) is 2.14. The number of benzene rings is 2. The van der Waals surface area contributed by atoms with Gasteiger partial charge in [0.25, 0.3) is 0 Å². The Kier molecular flexibility index (Phi) is 4.69. The van der Waals surface area contributed by atoms with Crippen LogP contribution in [0.1, 0.15) is 11.5 Å². The second-order valence-electron chi connectivity index (χ2n) is 5.38. The van der Waals surface area contributed by atoms with Crippen molar-refractivity contribution in [2.75, 3.05) is 6.26 Å². The Morgan fingerprint density at radius 3 is 2.38 bits per heavy atom. The van der Waals surface area contributed by atoms with Gasteiger partial charge in [-0.3, -0.25) is 0 Å². The van der Waals surface area contributed by atoms with E-state index < -0.39 is 9.73 Å². The third-order valence-electron chi connectivity index (χ3n) is 3.48. The van der Waals surface area contributed by atoms with Gasteiger partial charge in [0.2, 0.25) is 11.7 Å². The smallest absolute Gasteiger partial charge is 0.223 e. The summed E-state index contributed by atoms with van der Waals surface area (Å²) in [4.78, 5) is 4.86. The van der Waals surface area contributed by atoms with E-state index in [0.717, 1.165) is 11.1 Å². The van der Waals surface area contributed by atoms with Crippen LogP contribution in [-0.4, -0.2) is 20.6 Å². The van der Waals surface area contributed by atoms with Gasteiger partial charge >= 0.3 is 0 Å². The second kappa shape index (κ2) is 6.75. The Bertz CT molecular complexity index is 956. The van der Waals surface area contributed by atoms with E-state index in [1.807, 2.05) is 24.3 Å². The molecule has 0 saturated carbocycles. The van der Waals surface area contributed by atoms with Gasteiger partial charge in [0, 0.05) is 28.7 Å². The molecule has 3 aromatic rings. The summed E-state index contributed by atoms with van der Waals surface area (Å²) in [5, 5.41) is 4.49. The number of rotatable bonds is 4. The fourth-order valence-corrected chi connectivity index (χ4v) is 3.45. The van der Waals surface area contributed by atoms with Crippen molar-refractivity contribution in [3.63, 3.8) is 0 Å². The van der Waals surface area contributed by atoms with Crippen LogP contribution in [0.25, 0.3) is 11.4 Å². The molecule has 2 aromatic carbocycles. The molecule has 3 rings (SSSR count). The van der Waals surface area contributed by atoms with E-state index in [4.69, 9.17) is 16.1 Å². The second-order valence-corrected chi connectivity index (χ2v) is 8.15. The van der Waals surface area contributed by atoms with Gasteiger partial charge in [0.1, 0.15) is 0 Å². The molecule has 1 atom stereocenters. The third kappa shape index (κ3) is 3.83. The zero-order valence-corrected chi connectivity index (χ0v) is 14.8. The van der Waals surface area contributed by atoms with Crippen molar-refractivity contribution >= 4 is 21.3 Å². The van der Waals surface area contributed by atoms with Gasteiger partial charge in [0.15, 0.2) is 0 Å². The Balaban J connectivity index is 1.78. The Labute approximate surface area is 145 Å². The van der Waals surface area contributed by atoms with Crippen LogP contribution >= 0.6 is 11.6 Å². The molecule has 0 fully saturated rings. The standard InChI is InChI=1S/C17H16ClN3O2S/c1-12-20-17(21-23-12)14-5-3-13(4-6-14)11-19-24(2,22)16-9-7-15(18)8-10-16/h3-10H,11H2,1-2H3. The molecule has 0 radical (unpaired) electrons. The van der Waals surface area contributed by atoms with Crippen LogP contribution in [0.5, 0.6) is 0 Å². The van der Waals surface area contributed by atoms with E-state index in [-0.39, 0.29) is 0 Å². The average Bonchev–Trinajstić information content (AvgIpc) is 3.00. The van der Waals surface area contributed by atoms with Gasteiger partial charge < -0.3 is 4.52 Å². The Morgan fingerprint density at radius 2 is 1.79 bits per heavy atom. The van der Waals surface area contributed by atoms with Gasteiger partial charge in [-0.15, -0.1) is 0 Å². The lowest BCUT2D eigenvalue weighted by Gasteiger charge is -2.05. The van der Waals surface area contributed by atoms with Crippen molar-refractivity contribution in [1.82, 2.24) is 10.1 Å². The van der Waals surface area contributed by atoms with Crippen molar-refractivity contribution in [2.45, 2.75) is 18.4 Å². The molecule has 0 saturated heterocycles. The van der Waals surface area contributed by atoms with Gasteiger partial charge in [-0.1, -0.05) is 41.0 Å². The van der Waals surface area contributed by atoms with Crippen LogP contribution < -0.4 is 0 Å². The van der Waals surface area contributed by atoms with E-state index in [2.05, 4.69) is 14.5 Å². The summed E-state index contributed by atoms with van der Waals surface area (Å²) in [5.74, 6) is 1.08. The lowest BCUT2D eigenvalue weighted by Crippen LogP contribution is -1.98. The number of aromatic nitrogens is 2. The molecule has 0 bridgehead atoms. The van der Waals surface area contributed by atoms with Crippen molar-refractivity contribution in [3.05, 3.63) is 65.0 Å². The molecule has 1 unspecified atom stereocenters. The minimum Gasteiger partial charge on any atom is -0.339 e. The first kappa shape index (κ1) is 16.7. The zero-order chi connectivity index (χ0) is 17.2. The summed E-state index contributed by atoms with van der Waals surface area (Å²) in [6, 6.07) is 14.6. The van der Waals surface area contributed by atoms with Crippen LogP contribution in [0.4, 0.5) is 0 Å². The maximum Gasteiger partial charge on any atom is 0.223 e. The molecule has 0 aliphatic heterocycles. The Hall–Kier alpha value is -2.18. The summed E-state index contributed by atoms with van der Waals surface area (Å²) in [6.07, 6.45) is 1.63. The highest BCUT2D eigenvalue weighted by Gasteiger charge is 2.07. The molecule has 7 heteroatoms. The molecule has 124 valence electrons. The van der Waals surface area contributed by atoms with Gasteiger partial charge in [-0.25, -0.2) is 8.57 Å². The molecule has 0 aliphatic rings. The van der Waals surface area contributed by atoms with Gasteiger partial charge in [-0.05, 0) is 29.8 Å². The van der Waals surface area contributed by atoms with Gasteiger partial charge in [-0.2, -0.15) is 4.98 Å². The first-order valence-electron chi connectivity index (χ1n) is 7.27. The van der Waals surface area contributed by atoms with E-state index in [1.54, 1.807) is 37.4 Å². The predicted octanol–water partition coefficient (Wildman–Crippen LogP) is 4.36. The average molecular weight is 362 g/mol. The minimum atomic E-state index is -2.46. The number of halogens is 1. The summed E-state index contributed by atoms with van der Waals surface area (Å²) >= 11 is 5.86. The molecule has 5 nitrogen and oxygen atoms in total. The lowest BCUT2D eigenvalue weighted by molar-refractivity contribution is 0.394. The highest BCUT2D eigenvalue weighted by Crippen LogP contribution is 2.19. The molecular weight excluding hydrogens is 346 g/mol. The summed E-state index contributed by atoms with van der Waals surface area (Å²) in [6.45, 7) is 2.11. The number of hydrogen-bond acceptors (Lipinski definition) is 5. The number of nitrogens with zero attached hydrogens (tertiary/aromatic N) is 3. The van der Waals surface area contributed by atoms with Crippen molar-refractivity contribution < 1.29 is 8.73 Å². The van der Waals surface area contributed by atoms with Crippen molar-refractivity contribution in [1.29, 1.82) is 0 Å². The van der Waals surface area contributed by atoms with Crippen LogP contribution in [0.15, 0.2) is 62.3 Å². The van der Waals surface area contributed by atoms with Crippen LogP contribution in [-0.2, 0) is 16.3 Å². The molecule has 0 aliphatic carbocycles. The Morgan fingerprint density at radius 1 is 1.12 bits per heavy atom. The maximum absolute atomic E-state index is 12.7. The SMILES string of the molecule is Cc1nc(-c2ccc(CN=S(C)(=O)c3ccc(Cl)cc3)cc2)no1. The van der Waals surface area contributed by atoms with Gasteiger partial charge in [0.05, 0.1) is 16.3 Å². The summed E-state index contributed by atoms with van der Waals surface area (Å²) < 4.78 is 22.1. The molecular formula is C17H16ClN3O2S. The molecule has 24 heavy (non-hydrogen) atoms. The summed E-state index contributed by atoms with van der Waals surface area (Å²) in [5.41, 5.74) is 1.83. The quantitative estimate of drug-likeness (QED) is 0.692. The molecule has 1 heterocycles. The van der Waals surface area contributed by atoms with Crippen LogP contribution in [0.2, 0.25) is 5.02 Å². The van der Waals surface area contributed by atoms with E-state index in [0.29, 0.717) is 28.2 Å². The highest BCUT2D eigenvalue weighted by atomic mass is 35.5. The third-order valence-corrected chi connectivity index (χ3v) is 5.50. The first-order valence-corrected chi connectivity index (χ1v) is 9.57. The first-order chi connectivity index (χ1) is 11.4.